The van der Waals surface area contributed by atoms with Gasteiger partial charge < -0.3 is 15.0 Å². The van der Waals surface area contributed by atoms with Gasteiger partial charge in [-0.25, -0.2) is 9.18 Å². The predicted molar refractivity (Wildman–Crippen MR) is 97.4 cm³/mol. The number of carbonyl (C=O) groups is 2. The minimum Gasteiger partial charge on any atom is -0.444 e. The van der Waals surface area contributed by atoms with Gasteiger partial charge >= 0.3 is 6.09 Å². The maximum absolute atomic E-state index is 14.1. The molecular formula is C17H21BrClFN2O3. The van der Waals surface area contributed by atoms with E-state index in [1.165, 1.54) is 11.0 Å². The lowest BCUT2D eigenvalue weighted by molar-refractivity contribution is 0.0451. The Kier molecular flexibility index (Phi) is 6.32. The summed E-state index contributed by atoms with van der Waals surface area (Å²) in [5.74, 6) is -1.09. The first-order valence-corrected chi connectivity index (χ1v) is 9.17. The maximum atomic E-state index is 14.1. The molecule has 0 radical (unpaired) electrons. The lowest BCUT2D eigenvalue weighted by Gasteiger charge is -2.33. The van der Waals surface area contributed by atoms with Crippen LogP contribution in [0.25, 0.3) is 0 Å². The van der Waals surface area contributed by atoms with Crippen molar-refractivity contribution in [3.8, 4) is 0 Å². The summed E-state index contributed by atoms with van der Waals surface area (Å²) in [5.41, 5.74) is -0.637. The van der Waals surface area contributed by atoms with E-state index in [4.69, 9.17) is 16.3 Å². The highest BCUT2D eigenvalue weighted by atomic mass is 79.9. The van der Waals surface area contributed by atoms with E-state index in [1.807, 2.05) is 0 Å². The van der Waals surface area contributed by atoms with Gasteiger partial charge in [0.25, 0.3) is 5.91 Å². The number of nitrogens with zero attached hydrogens (tertiary/aromatic N) is 1. The quantitative estimate of drug-likeness (QED) is 0.702. The molecule has 1 saturated heterocycles. The highest BCUT2D eigenvalue weighted by Gasteiger charge is 2.28. The van der Waals surface area contributed by atoms with E-state index >= 15 is 0 Å². The average molecular weight is 436 g/mol. The normalized spacial score (nSPS) is 18.0. The summed E-state index contributed by atoms with van der Waals surface area (Å²) in [5, 5.41) is 2.97. The van der Waals surface area contributed by atoms with Gasteiger partial charge in [-0.2, -0.15) is 0 Å². The number of amides is 2. The minimum absolute atomic E-state index is 0.0470. The van der Waals surface area contributed by atoms with Crippen LogP contribution in [0.15, 0.2) is 16.6 Å². The van der Waals surface area contributed by atoms with Gasteiger partial charge in [0, 0.05) is 23.6 Å². The topological polar surface area (TPSA) is 58.6 Å². The van der Waals surface area contributed by atoms with E-state index in [0.717, 1.165) is 12.5 Å². The lowest BCUT2D eigenvalue weighted by Crippen LogP contribution is -2.50. The van der Waals surface area contributed by atoms with E-state index in [9.17, 15) is 14.0 Å². The van der Waals surface area contributed by atoms with Crippen molar-refractivity contribution in [2.45, 2.75) is 45.3 Å². The molecule has 1 aromatic carbocycles. The largest absolute Gasteiger partial charge is 0.444 e. The molecule has 25 heavy (non-hydrogen) atoms. The summed E-state index contributed by atoms with van der Waals surface area (Å²) in [4.78, 5) is 26.0. The van der Waals surface area contributed by atoms with E-state index in [1.54, 1.807) is 20.8 Å². The minimum atomic E-state index is -0.666. The van der Waals surface area contributed by atoms with Gasteiger partial charge in [0.1, 0.15) is 11.4 Å². The van der Waals surface area contributed by atoms with Crippen LogP contribution in [0.1, 0.15) is 44.0 Å². The number of hydrogen-bond acceptors (Lipinski definition) is 3. The standard InChI is InChI=1S/C17H21BrClFN2O3/c1-17(2,3)25-16(24)21-10-5-4-6-22(9-10)15(23)11-7-12(18)13(19)8-14(11)20/h7-8,10H,4-6,9H2,1-3H3,(H,21,24). The third-order valence-electron chi connectivity index (χ3n) is 3.67. The summed E-state index contributed by atoms with van der Waals surface area (Å²) >= 11 is 9.04. The van der Waals surface area contributed by atoms with Crippen molar-refractivity contribution in [1.82, 2.24) is 10.2 Å². The number of rotatable bonds is 2. The summed E-state index contributed by atoms with van der Waals surface area (Å²) in [6.45, 7) is 6.15. The first kappa shape index (κ1) is 20.0. The molecule has 0 aromatic heterocycles. The molecule has 2 amide bonds. The Balaban J connectivity index is 2.04. The van der Waals surface area contributed by atoms with Crippen molar-refractivity contribution in [1.29, 1.82) is 0 Å². The molecular weight excluding hydrogens is 415 g/mol. The van der Waals surface area contributed by atoms with Crippen LogP contribution in [0.5, 0.6) is 0 Å². The van der Waals surface area contributed by atoms with Crippen LogP contribution in [-0.2, 0) is 4.74 Å². The number of nitrogens with one attached hydrogen (secondary N) is 1. The average Bonchev–Trinajstić information content (AvgIpc) is 2.48. The number of ether oxygens (including phenoxy) is 1. The first-order chi connectivity index (χ1) is 11.6. The van der Waals surface area contributed by atoms with Crippen LogP contribution >= 0.6 is 27.5 Å². The summed E-state index contributed by atoms with van der Waals surface area (Å²) in [6.07, 6.45) is 0.922. The second-order valence-corrected chi connectivity index (χ2v) is 8.24. The third-order valence-corrected chi connectivity index (χ3v) is 4.87. The van der Waals surface area contributed by atoms with Crippen molar-refractivity contribution in [2.75, 3.05) is 13.1 Å². The number of halogens is 3. The van der Waals surface area contributed by atoms with Gasteiger partial charge in [0.05, 0.1) is 10.6 Å². The molecule has 1 N–H and O–H groups in total. The van der Waals surface area contributed by atoms with Crippen LogP contribution in [0.3, 0.4) is 0 Å². The molecule has 0 aliphatic carbocycles. The van der Waals surface area contributed by atoms with Crippen molar-refractivity contribution in [3.05, 3.63) is 33.0 Å². The van der Waals surface area contributed by atoms with Gasteiger partial charge in [-0.05, 0) is 61.7 Å². The van der Waals surface area contributed by atoms with Crippen LogP contribution in [-0.4, -0.2) is 41.6 Å². The molecule has 138 valence electrons. The Bertz CT molecular complexity index is 679. The van der Waals surface area contributed by atoms with Crippen LogP contribution in [0.2, 0.25) is 5.02 Å². The van der Waals surface area contributed by atoms with Gasteiger partial charge in [0.15, 0.2) is 0 Å². The lowest BCUT2D eigenvalue weighted by atomic mass is 10.0. The molecule has 1 heterocycles. The Morgan fingerprint density at radius 3 is 2.72 bits per heavy atom. The van der Waals surface area contributed by atoms with Crippen LogP contribution < -0.4 is 5.32 Å². The number of likely N-dealkylation sites (tertiary alicyclic amines) is 1. The number of benzene rings is 1. The molecule has 1 atom stereocenters. The molecule has 1 unspecified atom stereocenters. The Morgan fingerprint density at radius 1 is 1.40 bits per heavy atom. The molecule has 8 heteroatoms. The van der Waals surface area contributed by atoms with Gasteiger partial charge in [-0.1, -0.05) is 11.6 Å². The molecule has 0 saturated carbocycles. The fraction of sp³-hybridized carbons (Fsp3) is 0.529. The van der Waals surface area contributed by atoms with Gasteiger partial charge in [-0.15, -0.1) is 0 Å². The number of piperidine rings is 1. The van der Waals surface area contributed by atoms with Crippen LogP contribution in [0, 0.1) is 5.82 Å². The second kappa shape index (κ2) is 7.91. The zero-order chi connectivity index (χ0) is 18.8. The predicted octanol–water partition coefficient (Wildman–Crippen LogP) is 4.37. The Morgan fingerprint density at radius 2 is 2.08 bits per heavy atom. The van der Waals surface area contributed by atoms with E-state index < -0.39 is 23.4 Å². The van der Waals surface area contributed by atoms with E-state index in [0.29, 0.717) is 24.0 Å². The Labute approximate surface area is 160 Å². The van der Waals surface area contributed by atoms with Gasteiger partial charge in [-0.3, -0.25) is 4.79 Å². The van der Waals surface area contributed by atoms with Crippen LogP contribution in [0.4, 0.5) is 9.18 Å². The fourth-order valence-electron chi connectivity index (χ4n) is 2.61. The first-order valence-electron chi connectivity index (χ1n) is 8.00. The SMILES string of the molecule is CC(C)(C)OC(=O)NC1CCCN(C(=O)c2cc(Br)c(Cl)cc2F)C1. The monoisotopic (exact) mass is 434 g/mol. The Hall–Kier alpha value is -1.34. The number of carbonyl (C=O) groups excluding carboxylic acids is 2. The molecule has 2 rings (SSSR count). The molecule has 1 aliphatic rings. The molecule has 1 aliphatic heterocycles. The molecule has 0 spiro atoms. The van der Waals surface area contributed by atoms with E-state index in [-0.39, 0.29) is 16.6 Å². The van der Waals surface area contributed by atoms with Crippen molar-refractivity contribution in [2.24, 2.45) is 0 Å². The highest BCUT2D eigenvalue weighted by molar-refractivity contribution is 9.10. The highest BCUT2D eigenvalue weighted by Crippen LogP contribution is 2.27. The zero-order valence-electron chi connectivity index (χ0n) is 14.4. The maximum Gasteiger partial charge on any atom is 0.407 e. The summed E-state index contributed by atoms with van der Waals surface area (Å²) in [7, 11) is 0. The summed E-state index contributed by atoms with van der Waals surface area (Å²) in [6, 6.07) is 2.26. The number of alkyl carbamates (subject to hydrolysis) is 1. The smallest absolute Gasteiger partial charge is 0.407 e. The summed E-state index contributed by atoms with van der Waals surface area (Å²) < 4.78 is 19.8. The van der Waals surface area contributed by atoms with E-state index in [2.05, 4.69) is 21.2 Å². The van der Waals surface area contributed by atoms with Gasteiger partial charge in [0.2, 0.25) is 0 Å². The van der Waals surface area contributed by atoms with Crippen molar-refractivity contribution < 1.29 is 18.7 Å². The second-order valence-electron chi connectivity index (χ2n) is 6.98. The fourth-order valence-corrected chi connectivity index (χ4v) is 3.10. The number of hydrogen-bond donors (Lipinski definition) is 1. The zero-order valence-corrected chi connectivity index (χ0v) is 16.7. The third kappa shape index (κ3) is 5.57. The molecule has 5 nitrogen and oxygen atoms in total. The molecule has 1 fully saturated rings. The molecule has 0 bridgehead atoms. The van der Waals surface area contributed by atoms with Crippen molar-refractivity contribution >= 4 is 39.5 Å². The molecule has 1 aromatic rings. The van der Waals surface area contributed by atoms with Crippen molar-refractivity contribution in [3.63, 3.8) is 0 Å².